The number of carboxylic acids is 1. The van der Waals surface area contributed by atoms with Crippen molar-refractivity contribution in [1.82, 2.24) is 0 Å². The Morgan fingerprint density at radius 3 is 2.50 bits per heavy atom. The van der Waals surface area contributed by atoms with Crippen molar-refractivity contribution in [2.45, 2.75) is 4.90 Å². The van der Waals surface area contributed by atoms with Gasteiger partial charge in [-0.05, 0) is 18.2 Å². The first-order valence-corrected chi connectivity index (χ1v) is 4.79. The maximum atomic E-state index is 10.7. The van der Waals surface area contributed by atoms with Crippen LogP contribution >= 0.6 is 0 Å². The van der Waals surface area contributed by atoms with E-state index in [1.807, 2.05) is 0 Å². The summed E-state index contributed by atoms with van der Waals surface area (Å²) in [7, 11) is -1.45. The molecule has 0 aliphatic heterocycles. The van der Waals surface area contributed by atoms with Gasteiger partial charge in [0.15, 0.2) is 10.7 Å². The molecule has 0 bridgehead atoms. The first kappa shape index (κ1) is 10.5. The molecule has 0 saturated heterocycles. The Labute approximate surface area is 81.9 Å². The average molecular weight is 216 g/mol. The number of rotatable bonds is 3. The lowest BCUT2D eigenvalue weighted by molar-refractivity contribution is 0.0693. The minimum absolute atomic E-state index is 0.0433. The average Bonchev–Trinajstić information content (AvgIpc) is 2.16. The summed E-state index contributed by atoms with van der Waals surface area (Å²) in [6.07, 6.45) is 0. The summed E-state index contributed by atoms with van der Waals surface area (Å²) in [6, 6.07) is 3.66. The minimum atomic E-state index is -2.77. The maximum Gasteiger partial charge on any atom is 0.339 e. The van der Waals surface area contributed by atoms with Crippen LogP contribution in [0, 0.1) is 0 Å². The van der Waals surface area contributed by atoms with Crippen molar-refractivity contribution in [2.75, 3.05) is 7.11 Å². The molecule has 0 spiro atoms. The molecule has 0 aliphatic carbocycles. The van der Waals surface area contributed by atoms with Crippen LogP contribution in [-0.4, -0.2) is 26.6 Å². The third kappa shape index (κ3) is 2.02. The van der Waals surface area contributed by atoms with E-state index in [0.717, 1.165) is 6.07 Å². The molecule has 0 saturated carbocycles. The van der Waals surface area contributed by atoms with E-state index in [1.54, 1.807) is 0 Å². The summed E-state index contributed by atoms with van der Waals surface area (Å²) in [5.74, 6) is -1.08. The van der Waals surface area contributed by atoms with Crippen molar-refractivity contribution >= 4 is 16.7 Å². The Bertz CT molecular complexity index is 427. The highest BCUT2D eigenvalue weighted by atomic mass is 32.2. The van der Waals surface area contributed by atoms with Crippen LogP contribution in [0.15, 0.2) is 23.1 Å². The van der Waals surface area contributed by atoms with Crippen molar-refractivity contribution in [2.24, 2.45) is 0 Å². The van der Waals surface area contributed by atoms with Crippen LogP contribution in [0.2, 0.25) is 0 Å². The van der Waals surface area contributed by atoms with E-state index >= 15 is 0 Å². The number of thiol groups is 1. The van der Waals surface area contributed by atoms with Crippen molar-refractivity contribution in [3.63, 3.8) is 0 Å². The fourth-order valence-corrected chi connectivity index (χ4v) is 1.41. The van der Waals surface area contributed by atoms with Gasteiger partial charge < -0.3 is 9.84 Å². The monoisotopic (exact) mass is 216 g/mol. The molecule has 0 aromatic heterocycles. The molecule has 1 N–H and O–H groups in total. The zero-order chi connectivity index (χ0) is 10.7. The van der Waals surface area contributed by atoms with Gasteiger partial charge in [0, 0.05) is 0 Å². The molecule has 1 aromatic carbocycles. The van der Waals surface area contributed by atoms with Crippen molar-refractivity contribution in [3.05, 3.63) is 23.8 Å². The van der Waals surface area contributed by atoms with E-state index < -0.39 is 16.7 Å². The number of hydrogen-bond acceptors (Lipinski definition) is 4. The predicted octanol–water partition coefficient (Wildman–Crippen LogP) is 0.364. The Morgan fingerprint density at radius 2 is 2.07 bits per heavy atom. The molecule has 0 fully saturated rings. The minimum Gasteiger partial charge on any atom is -0.496 e. The van der Waals surface area contributed by atoms with Gasteiger partial charge in [-0.2, -0.15) is 0 Å². The molecule has 0 aliphatic rings. The van der Waals surface area contributed by atoms with Gasteiger partial charge in [-0.1, -0.05) is 0 Å². The number of ether oxygens (including phenoxy) is 1. The van der Waals surface area contributed by atoms with Crippen molar-refractivity contribution in [3.8, 4) is 5.75 Å². The van der Waals surface area contributed by atoms with E-state index in [1.165, 1.54) is 19.2 Å². The largest absolute Gasteiger partial charge is 0.496 e. The second-order valence-electron chi connectivity index (χ2n) is 2.45. The number of methoxy groups -OCH3 is 1. The fraction of sp³-hybridized carbons (Fsp3) is 0.125. The normalized spacial score (nSPS) is 10.1. The second-order valence-corrected chi connectivity index (χ2v) is 3.48. The number of carbonyl (C=O) groups is 1. The van der Waals surface area contributed by atoms with Crippen molar-refractivity contribution < 1.29 is 23.1 Å². The molecular formula is C8H8O5S. The van der Waals surface area contributed by atoms with Crippen LogP contribution < -0.4 is 4.74 Å². The lowest BCUT2D eigenvalue weighted by atomic mass is 10.2. The van der Waals surface area contributed by atoms with Crippen LogP contribution in [0.1, 0.15) is 10.4 Å². The summed E-state index contributed by atoms with van der Waals surface area (Å²) in [5, 5.41) is 8.73. The summed E-state index contributed by atoms with van der Waals surface area (Å²) in [6.45, 7) is 0. The zero-order valence-electron chi connectivity index (χ0n) is 7.26. The lowest BCUT2D eigenvalue weighted by Gasteiger charge is -2.04. The SMILES string of the molecule is COc1ccc([SH](=O)=O)cc1C(=O)O. The Balaban J connectivity index is 3.35. The van der Waals surface area contributed by atoms with E-state index in [2.05, 4.69) is 0 Å². The van der Waals surface area contributed by atoms with E-state index in [9.17, 15) is 13.2 Å². The molecule has 5 nitrogen and oxygen atoms in total. The highest BCUT2D eigenvalue weighted by molar-refractivity contribution is 7.72. The number of aromatic carboxylic acids is 1. The number of benzene rings is 1. The lowest BCUT2D eigenvalue weighted by Crippen LogP contribution is -2.01. The first-order valence-electron chi connectivity index (χ1n) is 3.62. The van der Waals surface area contributed by atoms with Crippen LogP contribution in [0.25, 0.3) is 0 Å². The highest BCUT2D eigenvalue weighted by Gasteiger charge is 2.11. The quantitative estimate of drug-likeness (QED) is 0.713. The Morgan fingerprint density at radius 1 is 1.43 bits per heavy atom. The predicted molar refractivity (Wildman–Crippen MR) is 48.5 cm³/mol. The maximum absolute atomic E-state index is 10.7. The second kappa shape index (κ2) is 4.10. The summed E-state index contributed by atoms with van der Waals surface area (Å²) < 4.78 is 25.9. The third-order valence-corrected chi connectivity index (χ3v) is 2.32. The summed E-state index contributed by atoms with van der Waals surface area (Å²) >= 11 is 0. The van der Waals surface area contributed by atoms with Crippen LogP contribution in [0.5, 0.6) is 5.75 Å². The van der Waals surface area contributed by atoms with Crippen LogP contribution in [-0.2, 0) is 10.7 Å². The van der Waals surface area contributed by atoms with Gasteiger partial charge in [-0.25, -0.2) is 13.2 Å². The van der Waals surface area contributed by atoms with Crippen LogP contribution in [0.3, 0.4) is 0 Å². The zero-order valence-corrected chi connectivity index (χ0v) is 8.15. The molecule has 0 atom stereocenters. The Hall–Kier alpha value is -1.56. The molecule has 0 amide bonds. The van der Waals surface area contributed by atoms with Gasteiger partial charge in [0.2, 0.25) is 0 Å². The molecule has 1 aromatic rings. The van der Waals surface area contributed by atoms with Gasteiger partial charge in [0.1, 0.15) is 11.3 Å². The molecule has 0 heterocycles. The third-order valence-electron chi connectivity index (χ3n) is 1.62. The van der Waals surface area contributed by atoms with E-state index in [4.69, 9.17) is 9.84 Å². The summed E-state index contributed by atoms with van der Waals surface area (Å²) in [5.41, 5.74) is -0.163. The van der Waals surface area contributed by atoms with Crippen LogP contribution in [0.4, 0.5) is 0 Å². The van der Waals surface area contributed by atoms with Gasteiger partial charge in [0.25, 0.3) is 0 Å². The molecule has 6 heteroatoms. The van der Waals surface area contributed by atoms with Gasteiger partial charge >= 0.3 is 5.97 Å². The molecule has 76 valence electrons. The van der Waals surface area contributed by atoms with Crippen molar-refractivity contribution in [1.29, 1.82) is 0 Å². The highest BCUT2D eigenvalue weighted by Crippen LogP contribution is 2.20. The molecular weight excluding hydrogens is 208 g/mol. The molecule has 1 rings (SSSR count). The topological polar surface area (TPSA) is 80.7 Å². The fourth-order valence-electron chi connectivity index (χ4n) is 0.977. The molecule has 0 unspecified atom stereocenters. The smallest absolute Gasteiger partial charge is 0.339 e. The standard InChI is InChI=1S/C8H8O5S/c1-13-7-3-2-5(14(11)12)4-6(7)8(9)10/h2-4,14H,1H3,(H,9,10). The van der Waals surface area contributed by atoms with Gasteiger partial charge in [-0.3, -0.25) is 0 Å². The molecule has 0 radical (unpaired) electrons. The Kier molecular flexibility index (Phi) is 3.08. The first-order chi connectivity index (χ1) is 6.56. The number of carboxylic acid groups (broad SMARTS) is 1. The van der Waals surface area contributed by atoms with Gasteiger partial charge in [0.05, 0.1) is 12.0 Å². The van der Waals surface area contributed by atoms with E-state index in [0.29, 0.717) is 0 Å². The van der Waals surface area contributed by atoms with E-state index in [-0.39, 0.29) is 16.2 Å². The molecule has 14 heavy (non-hydrogen) atoms. The number of hydrogen-bond donors (Lipinski definition) is 2. The summed E-state index contributed by atoms with van der Waals surface area (Å²) in [4.78, 5) is 10.6. The van der Waals surface area contributed by atoms with Gasteiger partial charge in [-0.15, -0.1) is 0 Å².